The summed E-state index contributed by atoms with van der Waals surface area (Å²) in [4.78, 5) is 49.4. The van der Waals surface area contributed by atoms with Crippen molar-refractivity contribution in [2.45, 2.75) is 24.9 Å². The molecule has 0 aromatic heterocycles. The van der Waals surface area contributed by atoms with Crippen LogP contribution in [0.4, 0.5) is 5.69 Å². The Morgan fingerprint density at radius 2 is 1.51 bits per heavy atom. The van der Waals surface area contributed by atoms with Crippen molar-refractivity contribution in [3.8, 4) is 0 Å². The summed E-state index contributed by atoms with van der Waals surface area (Å²) in [7, 11) is 2.08. The van der Waals surface area contributed by atoms with Gasteiger partial charge in [-0.1, -0.05) is 60.1 Å². The van der Waals surface area contributed by atoms with Crippen LogP contribution in [0.3, 0.4) is 0 Å². The molecule has 45 heavy (non-hydrogen) atoms. The standard InChI is InChI=1S/C35H40ClN6O3/c1-39-16-18-41(19-17-39)34(44)29-8-4-5-9-31(29)40-20-22-42(23-21-40)35(45)30(24-25-10-12-27(36)13-11-25)38-33(43)32-28-7-3-2-6-26(28)14-15-37-32/h2-13,15,30,32,37H,14,16-24H2,1H3,(H,38,43)/t30-,32?/m1/s1. The number of likely N-dealkylation sites (N-methyl/N-ethyl adjacent to an activating group) is 1. The maximum atomic E-state index is 14.1. The lowest BCUT2D eigenvalue weighted by atomic mass is 9.93. The van der Waals surface area contributed by atoms with Crippen LogP contribution in [-0.4, -0.2) is 97.9 Å². The fourth-order valence-corrected chi connectivity index (χ4v) is 6.53. The molecule has 2 fully saturated rings. The molecule has 3 aliphatic rings. The quantitative estimate of drug-likeness (QED) is 0.419. The Morgan fingerprint density at radius 1 is 0.844 bits per heavy atom. The molecule has 3 amide bonds. The zero-order valence-corrected chi connectivity index (χ0v) is 26.4. The lowest BCUT2D eigenvalue weighted by Gasteiger charge is -2.39. The highest BCUT2D eigenvalue weighted by Crippen LogP contribution is 2.26. The van der Waals surface area contributed by atoms with Crippen LogP contribution in [0.2, 0.25) is 5.02 Å². The van der Waals surface area contributed by atoms with Crippen molar-refractivity contribution in [2.24, 2.45) is 0 Å². The van der Waals surface area contributed by atoms with Crippen molar-refractivity contribution in [1.82, 2.24) is 25.3 Å². The second kappa shape index (κ2) is 14.0. The molecule has 2 atom stereocenters. The van der Waals surface area contributed by atoms with Gasteiger partial charge in [-0.05, 0) is 54.4 Å². The second-order valence-corrected chi connectivity index (χ2v) is 12.5. The fraction of sp³-hybridized carbons (Fsp3) is 0.371. The van der Waals surface area contributed by atoms with E-state index in [0.717, 1.165) is 41.9 Å². The number of hydrogen-bond acceptors (Lipinski definition) is 6. The van der Waals surface area contributed by atoms with Crippen LogP contribution in [0.1, 0.15) is 33.1 Å². The summed E-state index contributed by atoms with van der Waals surface area (Å²) in [5.74, 6) is -0.299. The van der Waals surface area contributed by atoms with Gasteiger partial charge in [-0.2, -0.15) is 0 Å². The molecule has 1 radical (unpaired) electrons. The highest BCUT2D eigenvalue weighted by molar-refractivity contribution is 6.30. The second-order valence-electron chi connectivity index (χ2n) is 12.0. The van der Waals surface area contributed by atoms with E-state index < -0.39 is 12.1 Å². The molecule has 0 saturated carbocycles. The first-order valence-electron chi connectivity index (χ1n) is 15.7. The van der Waals surface area contributed by atoms with Crippen molar-refractivity contribution >= 4 is 35.0 Å². The summed E-state index contributed by atoms with van der Waals surface area (Å²) in [5, 5.41) is 6.91. The molecule has 6 rings (SSSR count). The first-order valence-corrected chi connectivity index (χ1v) is 16.1. The molecule has 9 nitrogen and oxygen atoms in total. The molecular weight excluding hydrogens is 588 g/mol. The Hall–Kier alpha value is -3.92. The number of benzene rings is 3. The van der Waals surface area contributed by atoms with Crippen LogP contribution < -0.4 is 15.5 Å². The zero-order valence-electron chi connectivity index (χ0n) is 25.6. The first kappa shape index (κ1) is 31.1. The van der Waals surface area contributed by atoms with Gasteiger partial charge in [-0.15, -0.1) is 0 Å². The van der Waals surface area contributed by atoms with Crippen molar-refractivity contribution in [3.05, 3.63) is 107 Å². The molecular formula is C35H40ClN6O3. The average molecular weight is 628 g/mol. The van der Waals surface area contributed by atoms with E-state index in [4.69, 9.17) is 11.6 Å². The lowest BCUT2D eigenvalue weighted by Crippen LogP contribution is -2.57. The fourth-order valence-electron chi connectivity index (χ4n) is 6.40. The van der Waals surface area contributed by atoms with Crippen LogP contribution in [0.15, 0.2) is 72.8 Å². The Morgan fingerprint density at radius 3 is 2.27 bits per heavy atom. The Balaban J connectivity index is 1.15. The van der Waals surface area contributed by atoms with Gasteiger partial charge in [0.15, 0.2) is 0 Å². The molecule has 1 unspecified atom stereocenters. The molecule has 3 aromatic carbocycles. The third kappa shape index (κ3) is 7.16. The van der Waals surface area contributed by atoms with Crippen LogP contribution in [0.5, 0.6) is 0 Å². The van der Waals surface area contributed by atoms with Gasteiger partial charge in [0.2, 0.25) is 11.8 Å². The number of nitrogens with zero attached hydrogens (tertiary/aromatic N) is 4. The number of fused-ring (bicyclic) bond motifs is 1. The van der Waals surface area contributed by atoms with Gasteiger partial charge >= 0.3 is 0 Å². The molecule has 235 valence electrons. The minimum absolute atomic E-state index is 0.0538. The van der Waals surface area contributed by atoms with Crippen molar-refractivity contribution in [3.63, 3.8) is 0 Å². The third-order valence-corrected chi connectivity index (χ3v) is 9.31. The Labute approximate surface area is 270 Å². The molecule has 0 spiro atoms. The summed E-state index contributed by atoms with van der Waals surface area (Å²) in [6, 6.07) is 21.7. The number of para-hydroxylation sites is 1. The molecule has 3 aromatic rings. The van der Waals surface area contributed by atoms with Gasteiger partial charge in [0, 0.05) is 76.0 Å². The van der Waals surface area contributed by atoms with E-state index in [-0.39, 0.29) is 17.7 Å². The summed E-state index contributed by atoms with van der Waals surface area (Å²) in [6.07, 6.45) is 1.09. The summed E-state index contributed by atoms with van der Waals surface area (Å²) in [5.41, 5.74) is 4.54. The van der Waals surface area contributed by atoms with E-state index >= 15 is 0 Å². The molecule has 0 aliphatic carbocycles. The normalized spacial score (nSPS) is 19.5. The van der Waals surface area contributed by atoms with E-state index in [2.05, 4.69) is 27.5 Å². The number of hydrogen-bond donors (Lipinski definition) is 2. The average Bonchev–Trinajstić information content (AvgIpc) is 3.08. The number of nitrogens with one attached hydrogen (secondary N) is 2. The number of amides is 3. The number of halogens is 1. The highest BCUT2D eigenvalue weighted by Gasteiger charge is 2.33. The van der Waals surface area contributed by atoms with Crippen molar-refractivity contribution < 1.29 is 14.4 Å². The van der Waals surface area contributed by atoms with Gasteiger partial charge in [0.1, 0.15) is 12.1 Å². The maximum absolute atomic E-state index is 14.1. The van der Waals surface area contributed by atoms with Crippen LogP contribution >= 0.6 is 11.6 Å². The van der Waals surface area contributed by atoms with Gasteiger partial charge < -0.3 is 24.9 Å². The molecule has 2 saturated heterocycles. The zero-order chi connectivity index (χ0) is 31.3. The van der Waals surface area contributed by atoms with E-state index in [0.29, 0.717) is 56.3 Å². The van der Waals surface area contributed by atoms with Crippen LogP contribution in [-0.2, 0) is 22.4 Å². The molecule has 2 N–H and O–H groups in total. The first-order chi connectivity index (χ1) is 21.9. The molecule has 3 heterocycles. The van der Waals surface area contributed by atoms with Gasteiger partial charge in [0.05, 0.1) is 5.56 Å². The van der Waals surface area contributed by atoms with E-state index in [1.165, 1.54) is 0 Å². The third-order valence-electron chi connectivity index (χ3n) is 9.06. The van der Waals surface area contributed by atoms with Crippen LogP contribution in [0.25, 0.3) is 0 Å². The minimum atomic E-state index is -0.743. The molecule has 3 aliphatic heterocycles. The largest absolute Gasteiger partial charge is 0.367 e. The van der Waals surface area contributed by atoms with Crippen LogP contribution in [0, 0.1) is 6.54 Å². The monoisotopic (exact) mass is 627 g/mol. The molecule has 0 bridgehead atoms. The maximum Gasteiger partial charge on any atom is 0.256 e. The number of piperazine rings is 2. The SMILES string of the molecule is CN1CCN(C(=O)c2ccccc2N2CCN(C(=O)[C@@H](Cc3ccc(Cl)cc3)NC(=O)C3N[CH]Cc4ccccc43)CC2)CC1. The van der Waals surface area contributed by atoms with Gasteiger partial charge in [0.25, 0.3) is 5.91 Å². The summed E-state index contributed by atoms with van der Waals surface area (Å²) < 4.78 is 0. The predicted octanol–water partition coefficient (Wildman–Crippen LogP) is 3.15. The summed E-state index contributed by atoms with van der Waals surface area (Å²) in [6.45, 7) is 7.21. The number of carbonyl (C=O) groups excluding carboxylic acids is 3. The van der Waals surface area contributed by atoms with E-state index in [1.807, 2.05) is 77.0 Å². The lowest BCUT2D eigenvalue weighted by molar-refractivity contribution is -0.137. The topological polar surface area (TPSA) is 88.2 Å². The predicted molar refractivity (Wildman–Crippen MR) is 176 cm³/mol. The Kier molecular flexibility index (Phi) is 9.68. The van der Waals surface area contributed by atoms with Gasteiger partial charge in [-0.3, -0.25) is 19.7 Å². The van der Waals surface area contributed by atoms with Gasteiger partial charge in [-0.25, -0.2) is 0 Å². The van der Waals surface area contributed by atoms with Crippen molar-refractivity contribution in [1.29, 1.82) is 0 Å². The number of rotatable bonds is 7. The smallest absolute Gasteiger partial charge is 0.256 e. The number of carbonyl (C=O) groups is 3. The summed E-state index contributed by atoms with van der Waals surface area (Å²) >= 11 is 6.12. The molecule has 10 heteroatoms. The van der Waals surface area contributed by atoms with Crippen molar-refractivity contribution in [2.75, 3.05) is 64.3 Å². The van der Waals surface area contributed by atoms with E-state index in [9.17, 15) is 14.4 Å². The number of anilines is 1. The Bertz CT molecular complexity index is 1520. The highest BCUT2D eigenvalue weighted by atomic mass is 35.5. The van der Waals surface area contributed by atoms with E-state index in [1.54, 1.807) is 12.1 Å². The minimum Gasteiger partial charge on any atom is -0.367 e.